The fourth-order valence-corrected chi connectivity index (χ4v) is 1.54. The van der Waals surface area contributed by atoms with Crippen LogP contribution in [0.25, 0.3) is 10.9 Å². The van der Waals surface area contributed by atoms with E-state index < -0.39 is 11.6 Å². The first-order valence-electron chi connectivity index (χ1n) is 4.56. The molecule has 15 heavy (non-hydrogen) atoms. The SMILES string of the molecule is CNc1nc2c(F)c(F)ccc2cc1C. The fraction of sp³-hybridized carbons (Fsp3) is 0.182. The van der Waals surface area contributed by atoms with Gasteiger partial charge in [-0.2, -0.15) is 0 Å². The Hall–Kier alpha value is -1.71. The lowest BCUT2D eigenvalue weighted by atomic mass is 10.1. The van der Waals surface area contributed by atoms with E-state index in [9.17, 15) is 8.78 Å². The molecule has 1 heterocycles. The molecule has 0 saturated heterocycles. The first-order valence-corrected chi connectivity index (χ1v) is 4.56. The molecular weight excluding hydrogens is 198 g/mol. The lowest BCUT2D eigenvalue weighted by Crippen LogP contribution is -1.98. The highest BCUT2D eigenvalue weighted by atomic mass is 19.2. The van der Waals surface area contributed by atoms with Crippen LogP contribution in [0, 0.1) is 18.6 Å². The summed E-state index contributed by atoms with van der Waals surface area (Å²) in [6, 6.07) is 4.40. The fourth-order valence-electron chi connectivity index (χ4n) is 1.54. The Morgan fingerprint density at radius 2 is 2.00 bits per heavy atom. The molecule has 0 radical (unpaired) electrons. The number of nitrogens with one attached hydrogen (secondary N) is 1. The summed E-state index contributed by atoms with van der Waals surface area (Å²) in [6.45, 7) is 1.86. The molecule has 0 fully saturated rings. The Kier molecular flexibility index (Phi) is 2.26. The van der Waals surface area contributed by atoms with Crippen molar-refractivity contribution in [2.24, 2.45) is 0 Å². The van der Waals surface area contributed by atoms with E-state index in [2.05, 4.69) is 10.3 Å². The Morgan fingerprint density at radius 1 is 1.27 bits per heavy atom. The Morgan fingerprint density at radius 3 is 2.67 bits per heavy atom. The average Bonchev–Trinajstić information content (AvgIpc) is 2.23. The number of nitrogens with zero attached hydrogens (tertiary/aromatic N) is 1. The molecule has 1 aromatic carbocycles. The maximum absolute atomic E-state index is 13.4. The van der Waals surface area contributed by atoms with Crippen molar-refractivity contribution >= 4 is 16.7 Å². The van der Waals surface area contributed by atoms with Crippen LogP contribution in [0.1, 0.15) is 5.56 Å². The molecule has 78 valence electrons. The molecule has 0 saturated carbocycles. The number of hydrogen-bond donors (Lipinski definition) is 1. The summed E-state index contributed by atoms with van der Waals surface area (Å²) in [5.74, 6) is -1.21. The Bertz CT molecular complexity index is 523. The molecule has 0 amide bonds. The van der Waals surface area contributed by atoms with E-state index in [-0.39, 0.29) is 5.52 Å². The molecule has 1 N–H and O–H groups in total. The summed E-state index contributed by atoms with van der Waals surface area (Å²) >= 11 is 0. The van der Waals surface area contributed by atoms with Crippen molar-refractivity contribution in [1.29, 1.82) is 0 Å². The maximum atomic E-state index is 13.4. The van der Waals surface area contributed by atoms with Crippen molar-refractivity contribution in [2.75, 3.05) is 12.4 Å². The van der Waals surface area contributed by atoms with E-state index >= 15 is 0 Å². The van der Waals surface area contributed by atoms with E-state index in [1.807, 2.05) is 6.92 Å². The molecule has 0 aliphatic rings. The van der Waals surface area contributed by atoms with Crippen LogP contribution < -0.4 is 5.32 Å². The standard InChI is InChI=1S/C11H10F2N2/c1-6-5-7-3-4-8(12)9(13)10(7)15-11(6)14-2/h3-5H,1-2H3,(H,14,15). The summed E-state index contributed by atoms with van der Waals surface area (Å²) in [5.41, 5.74) is 0.959. The zero-order valence-corrected chi connectivity index (χ0v) is 8.44. The highest BCUT2D eigenvalue weighted by Gasteiger charge is 2.10. The molecule has 0 bridgehead atoms. The van der Waals surface area contributed by atoms with Gasteiger partial charge in [0.15, 0.2) is 11.6 Å². The van der Waals surface area contributed by atoms with Crippen LogP contribution in [0.3, 0.4) is 0 Å². The van der Waals surface area contributed by atoms with E-state index in [1.54, 1.807) is 13.1 Å². The molecule has 1 aromatic heterocycles. The van der Waals surface area contributed by atoms with Gasteiger partial charge in [0.2, 0.25) is 0 Å². The smallest absolute Gasteiger partial charge is 0.185 e. The Balaban J connectivity index is 2.82. The van der Waals surface area contributed by atoms with Crippen molar-refractivity contribution in [3.05, 3.63) is 35.4 Å². The van der Waals surface area contributed by atoms with Crippen molar-refractivity contribution in [3.8, 4) is 0 Å². The summed E-state index contributed by atoms with van der Waals surface area (Å²) in [4.78, 5) is 4.03. The molecule has 2 aromatic rings. The average molecular weight is 208 g/mol. The number of halogens is 2. The van der Waals surface area contributed by atoms with Crippen molar-refractivity contribution < 1.29 is 8.78 Å². The molecule has 0 aliphatic heterocycles. The Labute approximate surface area is 85.9 Å². The summed E-state index contributed by atoms with van der Waals surface area (Å²) in [6.07, 6.45) is 0. The third kappa shape index (κ3) is 1.52. The minimum Gasteiger partial charge on any atom is -0.373 e. The number of anilines is 1. The van der Waals surface area contributed by atoms with E-state index in [0.29, 0.717) is 11.2 Å². The van der Waals surface area contributed by atoms with Crippen LogP contribution in [0.15, 0.2) is 18.2 Å². The van der Waals surface area contributed by atoms with Gasteiger partial charge >= 0.3 is 0 Å². The highest BCUT2D eigenvalue weighted by molar-refractivity contribution is 5.82. The molecule has 0 unspecified atom stereocenters. The quantitative estimate of drug-likeness (QED) is 0.779. The minimum atomic E-state index is -0.899. The number of aromatic nitrogens is 1. The van der Waals surface area contributed by atoms with Gasteiger partial charge in [0.25, 0.3) is 0 Å². The van der Waals surface area contributed by atoms with Gasteiger partial charge in [0, 0.05) is 12.4 Å². The summed E-state index contributed by atoms with van der Waals surface area (Å²) in [5, 5.41) is 3.44. The van der Waals surface area contributed by atoms with E-state index in [0.717, 1.165) is 11.6 Å². The highest BCUT2D eigenvalue weighted by Crippen LogP contribution is 2.23. The van der Waals surface area contributed by atoms with Crippen LogP contribution in [-0.4, -0.2) is 12.0 Å². The first-order chi connectivity index (χ1) is 7.13. The van der Waals surface area contributed by atoms with E-state index in [1.165, 1.54) is 6.07 Å². The predicted molar refractivity (Wildman–Crippen MR) is 55.9 cm³/mol. The van der Waals surface area contributed by atoms with E-state index in [4.69, 9.17) is 0 Å². The molecule has 0 aliphatic carbocycles. The van der Waals surface area contributed by atoms with Crippen LogP contribution >= 0.6 is 0 Å². The number of fused-ring (bicyclic) bond motifs is 1. The van der Waals surface area contributed by atoms with Gasteiger partial charge in [0.05, 0.1) is 0 Å². The summed E-state index contributed by atoms with van der Waals surface area (Å²) < 4.78 is 26.3. The molecule has 2 nitrogen and oxygen atoms in total. The zero-order valence-electron chi connectivity index (χ0n) is 8.44. The van der Waals surface area contributed by atoms with Gasteiger partial charge in [-0.3, -0.25) is 0 Å². The predicted octanol–water partition coefficient (Wildman–Crippen LogP) is 2.86. The van der Waals surface area contributed by atoms with Gasteiger partial charge < -0.3 is 5.32 Å². The number of pyridine rings is 1. The van der Waals surface area contributed by atoms with Crippen LogP contribution in [0.2, 0.25) is 0 Å². The first kappa shape index (κ1) is 9.83. The second-order valence-electron chi connectivity index (χ2n) is 3.34. The molecule has 2 rings (SSSR count). The largest absolute Gasteiger partial charge is 0.373 e. The summed E-state index contributed by atoms with van der Waals surface area (Å²) in [7, 11) is 1.69. The number of aryl methyl sites for hydroxylation is 1. The maximum Gasteiger partial charge on any atom is 0.185 e. The molecule has 4 heteroatoms. The van der Waals surface area contributed by atoms with Gasteiger partial charge in [-0.25, -0.2) is 13.8 Å². The minimum absolute atomic E-state index is 0.0601. The van der Waals surface area contributed by atoms with Gasteiger partial charge in [-0.1, -0.05) is 0 Å². The number of rotatable bonds is 1. The normalized spacial score (nSPS) is 10.7. The van der Waals surface area contributed by atoms with Crippen LogP contribution in [-0.2, 0) is 0 Å². The molecule has 0 spiro atoms. The monoisotopic (exact) mass is 208 g/mol. The molecular formula is C11H10F2N2. The third-order valence-corrected chi connectivity index (χ3v) is 2.31. The lowest BCUT2D eigenvalue weighted by Gasteiger charge is -2.07. The van der Waals surface area contributed by atoms with Gasteiger partial charge in [0.1, 0.15) is 11.3 Å². The topological polar surface area (TPSA) is 24.9 Å². The second kappa shape index (κ2) is 3.46. The third-order valence-electron chi connectivity index (χ3n) is 2.31. The van der Waals surface area contributed by atoms with Crippen molar-refractivity contribution in [1.82, 2.24) is 4.98 Å². The van der Waals surface area contributed by atoms with Crippen molar-refractivity contribution in [2.45, 2.75) is 6.92 Å². The lowest BCUT2D eigenvalue weighted by molar-refractivity contribution is 0.515. The van der Waals surface area contributed by atoms with Crippen molar-refractivity contribution in [3.63, 3.8) is 0 Å². The van der Waals surface area contributed by atoms with Crippen LogP contribution in [0.4, 0.5) is 14.6 Å². The second-order valence-corrected chi connectivity index (χ2v) is 3.34. The van der Waals surface area contributed by atoms with Gasteiger partial charge in [-0.05, 0) is 30.7 Å². The zero-order chi connectivity index (χ0) is 11.0. The number of hydrogen-bond acceptors (Lipinski definition) is 2. The van der Waals surface area contributed by atoms with Crippen LogP contribution in [0.5, 0.6) is 0 Å². The number of benzene rings is 1. The molecule has 0 atom stereocenters. The van der Waals surface area contributed by atoms with Gasteiger partial charge in [-0.15, -0.1) is 0 Å².